The molecule has 0 aliphatic rings. The number of aromatic nitrogens is 4. The lowest BCUT2D eigenvalue weighted by Crippen LogP contribution is -1.95. The molecule has 0 fully saturated rings. The first-order chi connectivity index (χ1) is 28.2. The van der Waals surface area contributed by atoms with Crippen LogP contribution >= 0.6 is 0 Å². The number of benzene rings is 8. The summed E-state index contributed by atoms with van der Waals surface area (Å²) in [6.45, 7) is 0. The van der Waals surface area contributed by atoms with Gasteiger partial charge in [0.15, 0.2) is 11.4 Å². The van der Waals surface area contributed by atoms with E-state index in [0.29, 0.717) is 11.4 Å². The van der Waals surface area contributed by atoms with E-state index in [4.69, 9.17) is 24.4 Å². The van der Waals surface area contributed by atoms with E-state index >= 15 is 0 Å². The molecule has 0 amide bonds. The second-order valence-corrected chi connectivity index (χ2v) is 14.3. The largest absolute Gasteiger partial charge is 0.452 e. The Kier molecular flexibility index (Phi) is 7.74. The maximum absolute atomic E-state index is 6.46. The molecule has 0 N–H and O–H groups in total. The highest BCUT2D eigenvalue weighted by molar-refractivity contribution is 6.18. The Morgan fingerprint density at radius 3 is 1.72 bits per heavy atom. The fourth-order valence-electron chi connectivity index (χ4n) is 7.98. The van der Waals surface area contributed by atoms with Crippen LogP contribution in [0.25, 0.3) is 111 Å². The maximum atomic E-state index is 6.46. The van der Waals surface area contributed by atoms with E-state index in [2.05, 4.69) is 164 Å². The van der Waals surface area contributed by atoms with Crippen LogP contribution in [0.5, 0.6) is 0 Å². The van der Waals surface area contributed by atoms with Crippen molar-refractivity contribution in [3.63, 3.8) is 0 Å². The van der Waals surface area contributed by atoms with Gasteiger partial charge in [0.1, 0.15) is 23.1 Å². The Morgan fingerprint density at radius 1 is 0.368 bits per heavy atom. The Balaban J connectivity index is 0.946. The van der Waals surface area contributed by atoms with Crippen LogP contribution in [0.2, 0.25) is 0 Å². The van der Waals surface area contributed by atoms with Gasteiger partial charge in [-0.3, -0.25) is 0 Å². The molecule has 0 aliphatic heterocycles. The topological polar surface area (TPSA) is 64.7 Å². The molecule has 3 heterocycles. The number of para-hydroxylation sites is 1. The molecule has 11 rings (SSSR count). The summed E-state index contributed by atoms with van der Waals surface area (Å²) in [4.78, 5) is 19.7. The summed E-state index contributed by atoms with van der Waals surface area (Å²) in [5, 5.41) is 4.31. The highest BCUT2D eigenvalue weighted by atomic mass is 16.3. The van der Waals surface area contributed by atoms with E-state index in [-0.39, 0.29) is 0 Å². The predicted molar refractivity (Wildman–Crippen MR) is 233 cm³/mol. The summed E-state index contributed by atoms with van der Waals surface area (Å²) in [6, 6.07) is 65.4. The summed E-state index contributed by atoms with van der Waals surface area (Å²) in [5.41, 5.74) is 14.6. The number of furan rings is 1. The van der Waals surface area contributed by atoms with Gasteiger partial charge in [0, 0.05) is 22.1 Å². The molecule has 57 heavy (non-hydrogen) atoms. The van der Waals surface area contributed by atoms with Crippen molar-refractivity contribution in [2.75, 3.05) is 0 Å². The van der Waals surface area contributed by atoms with Crippen molar-refractivity contribution in [3.05, 3.63) is 194 Å². The fraction of sp³-hybridized carbons (Fsp3) is 0. The van der Waals surface area contributed by atoms with Crippen LogP contribution in [0.4, 0.5) is 0 Å². The third-order valence-corrected chi connectivity index (χ3v) is 10.8. The molecular weight excluding hydrogens is 697 g/mol. The van der Waals surface area contributed by atoms with E-state index in [9.17, 15) is 0 Å². The highest BCUT2D eigenvalue weighted by Crippen LogP contribution is 2.39. The van der Waals surface area contributed by atoms with Crippen molar-refractivity contribution >= 4 is 43.7 Å². The van der Waals surface area contributed by atoms with E-state index in [0.717, 1.165) is 88.5 Å². The van der Waals surface area contributed by atoms with Gasteiger partial charge in [0.05, 0.1) is 16.6 Å². The summed E-state index contributed by atoms with van der Waals surface area (Å²) in [6.07, 6.45) is 1.64. The molecule has 266 valence electrons. The van der Waals surface area contributed by atoms with Gasteiger partial charge in [-0.15, -0.1) is 0 Å². The Bertz CT molecular complexity index is 3300. The predicted octanol–water partition coefficient (Wildman–Crippen LogP) is 13.5. The molecule has 3 aromatic heterocycles. The monoisotopic (exact) mass is 728 g/mol. The average molecular weight is 729 g/mol. The second kappa shape index (κ2) is 13.5. The third-order valence-electron chi connectivity index (χ3n) is 10.8. The number of nitrogens with zero attached hydrogens (tertiary/aromatic N) is 4. The zero-order valence-electron chi connectivity index (χ0n) is 30.7. The van der Waals surface area contributed by atoms with Crippen molar-refractivity contribution in [1.82, 2.24) is 19.9 Å². The molecule has 0 spiro atoms. The van der Waals surface area contributed by atoms with Gasteiger partial charge < -0.3 is 4.42 Å². The normalized spacial score (nSPS) is 11.5. The minimum atomic E-state index is 0.690. The third kappa shape index (κ3) is 5.81. The van der Waals surface area contributed by atoms with Gasteiger partial charge in [0.2, 0.25) is 0 Å². The molecule has 0 saturated carbocycles. The first-order valence-corrected chi connectivity index (χ1v) is 19.0. The van der Waals surface area contributed by atoms with Gasteiger partial charge >= 0.3 is 0 Å². The average Bonchev–Trinajstić information content (AvgIpc) is 3.69. The minimum absolute atomic E-state index is 0.690. The standard InChI is InChI=1S/C52H32N4O/c1-2-11-33(12-3-1)34-23-25-36(26-24-34)48-44-21-6-7-22-45(44)55-52(56-48)42-19-10-17-40(31-42)38-15-8-14-37(29-38)39-16-9-18-41(30-39)49-51-50(54-32-53-49)47-43-20-5-4-13-35(43)27-28-46(47)57-51/h1-32H. The van der Waals surface area contributed by atoms with Crippen molar-refractivity contribution in [3.8, 4) is 67.3 Å². The lowest BCUT2D eigenvalue weighted by Gasteiger charge is -2.12. The van der Waals surface area contributed by atoms with Crippen molar-refractivity contribution in [2.24, 2.45) is 0 Å². The van der Waals surface area contributed by atoms with Crippen LogP contribution < -0.4 is 0 Å². The fourth-order valence-corrected chi connectivity index (χ4v) is 7.98. The molecular formula is C52H32N4O. The van der Waals surface area contributed by atoms with E-state index in [1.807, 2.05) is 24.3 Å². The summed E-state index contributed by atoms with van der Waals surface area (Å²) in [7, 11) is 0. The van der Waals surface area contributed by atoms with Gasteiger partial charge in [-0.2, -0.15) is 0 Å². The highest BCUT2D eigenvalue weighted by Gasteiger charge is 2.18. The van der Waals surface area contributed by atoms with Crippen molar-refractivity contribution in [1.29, 1.82) is 0 Å². The summed E-state index contributed by atoms with van der Waals surface area (Å²) in [5.74, 6) is 0.691. The smallest absolute Gasteiger partial charge is 0.180 e. The van der Waals surface area contributed by atoms with Gasteiger partial charge in [-0.1, -0.05) is 158 Å². The lowest BCUT2D eigenvalue weighted by atomic mass is 9.96. The number of fused-ring (bicyclic) bond motifs is 6. The maximum Gasteiger partial charge on any atom is 0.180 e. The first-order valence-electron chi connectivity index (χ1n) is 19.0. The van der Waals surface area contributed by atoms with Gasteiger partial charge in [0.25, 0.3) is 0 Å². The van der Waals surface area contributed by atoms with Crippen LogP contribution in [-0.2, 0) is 0 Å². The molecule has 0 radical (unpaired) electrons. The molecule has 0 atom stereocenters. The zero-order chi connectivity index (χ0) is 37.7. The summed E-state index contributed by atoms with van der Waals surface area (Å²) < 4.78 is 6.46. The Morgan fingerprint density at radius 2 is 0.947 bits per heavy atom. The van der Waals surface area contributed by atoms with Gasteiger partial charge in [-0.25, -0.2) is 19.9 Å². The second-order valence-electron chi connectivity index (χ2n) is 14.3. The molecule has 5 heteroatoms. The molecule has 0 bridgehead atoms. The van der Waals surface area contributed by atoms with E-state index < -0.39 is 0 Å². The van der Waals surface area contributed by atoms with Gasteiger partial charge in [-0.05, 0) is 74.5 Å². The van der Waals surface area contributed by atoms with Crippen LogP contribution in [0.3, 0.4) is 0 Å². The Hall–Kier alpha value is -7.76. The lowest BCUT2D eigenvalue weighted by molar-refractivity contribution is 0.667. The number of rotatable bonds is 6. The molecule has 5 nitrogen and oxygen atoms in total. The summed E-state index contributed by atoms with van der Waals surface area (Å²) >= 11 is 0. The minimum Gasteiger partial charge on any atom is -0.452 e. The van der Waals surface area contributed by atoms with E-state index in [1.165, 1.54) is 11.1 Å². The number of hydrogen-bond acceptors (Lipinski definition) is 5. The van der Waals surface area contributed by atoms with Crippen LogP contribution in [0.1, 0.15) is 0 Å². The molecule has 0 aliphatic carbocycles. The molecule has 8 aromatic carbocycles. The molecule has 0 unspecified atom stereocenters. The number of hydrogen-bond donors (Lipinski definition) is 0. The first kappa shape index (κ1) is 32.7. The Labute approximate surface area is 328 Å². The zero-order valence-corrected chi connectivity index (χ0v) is 30.7. The quantitative estimate of drug-likeness (QED) is 0.171. The molecule has 11 aromatic rings. The van der Waals surface area contributed by atoms with Crippen LogP contribution in [-0.4, -0.2) is 19.9 Å². The van der Waals surface area contributed by atoms with Crippen molar-refractivity contribution in [2.45, 2.75) is 0 Å². The van der Waals surface area contributed by atoms with Crippen LogP contribution in [0.15, 0.2) is 199 Å². The SMILES string of the molecule is c1ccc(-c2ccc(-c3nc(-c4cccc(-c5cccc(-c6cccc(-c7ncnc8c7oc7ccc9ccccc9c78)c6)c5)c4)nc4ccccc34)cc2)cc1. The van der Waals surface area contributed by atoms with E-state index in [1.54, 1.807) is 6.33 Å². The molecule has 0 saturated heterocycles. The van der Waals surface area contributed by atoms with Crippen LogP contribution in [0, 0.1) is 0 Å². The van der Waals surface area contributed by atoms with Crippen molar-refractivity contribution < 1.29 is 4.42 Å².